The summed E-state index contributed by atoms with van der Waals surface area (Å²) in [6.07, 6.45) is -0.589. The molecule has 1 aromatic rings. The van der Waals surface area contributed by atoms with Gasteiger partial charge in [0.1, 0.15) is 5.75 Å². The van der Waals surface area contributed by atoms with Crippen LogP contribution >= 0.6 is 0 Å². The van der Waals surface area contributed by atoms with Crippen LogP contribution in [0.25, 0.3) is 0 Å². The lowest BCUT2D eigenvalue weighted by atomic mass is 10.00. The molecule has 0 heterocycles. The summed E-state index contributed by atoms with van der Waals surface area (Å²) in [7, 11) is 6.04. The van der Waals surface area contributed by atoms with E-state index in [-0.39, 0.29) is 23.9 Å². The SMILES string of the molecule is COc1ccc([C@H](C[C@@H](CC(OC)OC)[N+](=O)[O-])OC)cc1. The highest BCUT2D eigenvalue weighted by molar-refractivity contribution is 5.28. The van der Waals surface area contributed by atoms with Gasteiger partial charge in [0.15, 0.2) is 6.29 Å². The molecule has 124 valence electrons. The highest BCUT2D eigenvalue weighted by atomic mass is 16.7. The van der Waals surface area contributed by atoms with E-state index >= 15 is 0 Å². The molecule has 0 aromatic heterocycles. The van der Waals surface area contributed by atoms with Gasteiger partial charge in [0.25, 0.3) is 0 Å². The zero-order valence-corrected chi connectivity index (χ0v) is 13.4. The Bertz CT molecular complexity index is 446. The summed E-state index contributed by atoms with van der Waals surface area (Å²) in [5.74, 6) is 0.725. The van der Waals surface area contributed by atoms with Crippen LogP contribution in [0.5, 0.6) is 5.75 Å². The summed E-state index contributed by atoms with van der Waals surface area (Å²) in [5, 5.41) is 11.3. The summed E-state index contributed by atoms with van der Waals surface area (Å²) in [6, 6.07) is 6.46. The fraction of sp³-hybridized carbons (Fsp3) is 0.600. The van der Waals surface area contributed by atoms with Crippen LogP contribution in [-0.4, -0.2) is 45.7 Å². The van der Waals surface area contributed by atoms with Crippen LogP contribution in [0.1, 0.15) is 24.5 Å². The van der Waals surface area contributed by atoms with Crippen molar-refractivity contribution in [2.45, 2.75) is 31.3 Å². The Balaban J connectivity index is 2.80. The maximum absolute atomic E-state index is 11.3. The molecule has 0 aliphatic heterocycles. The Labute approximate surface area is 130 Å². The molecule has 0 amide bonds. The number of benzene rings is 1. The van der Waals surface area contributed by atoms with Crippen molar-refractivity contribution in [3.8, 4) is 5.75 Å². The predicted octanol–water partition coefficient (Wildman–Crippen LogP) is 2.43. The monoisotopic (exact) mass is 313 g/mol. The average Bonchev–Trinajstić information content (AvgIpc) is 2.55. The fourth-order valence-corrected chi connectivity index (χ4v) is 2.21. The van der Waals surface area contributed by atoms with Crippen molar-refractivity contribution in [3.63, 3.8) is 0 Å². The number of ether oxygens (including phenoxy) is 4. The molecule has 0 N–H and O–H groups in total. The molecule has 0 saturated carbocycles. The lowest BCUT2D eigenvalue weighted by Gasteiger charge is -2.21. The molecule has 1 rings (SSSR count). The summed E-state index contributed by atoms with van der Waals surface area (Å²) >= 11 is 0. The molecule has 0 unspecified atom stereocenters. The minimum absolute atomic E-state index is 0.163. The number of hydrogen-bond acceptors (Lipinski definition) is 6. The number of hydrogen-bond donors (Lipinski definition) is 0. The van der Waals surface area contributed by atoms with Crippen molar-refractivity contribution in [1.29, 1.82) is 0 Å². The largest absolute Gasteiger partial charge is 0.497 e. The highest BCUT2D eigenvalue weighted by Gasteiger charge is 2.29. The molecule has 22 heavy (non-hydrogen) atoms. The van der Waals surface area contributed by atoms with E-state index in [1.165, 1.54) is 21.3 Å². The molecule has 1 aromatic carbocycles. The summed E-state index contributed by atoms with van der Waals surface area (Å²) < 4.78 is 20.6. The van der Waals surface area contributed by atoms with Gasteiger partial charge in [-0.05, 0) is 17.7 Å². The molecule has 0 fully saturated rings. The van der Waals surface area contributed by atoms with Crippen molar-refractivity contribution in [1.82, 2.24) is 0 Å². The van der Waals surface area contributed by atoms with Gasteiger partial charge in [-0.1, -0.05) is 12.1 Å². The topological polar surface area (TPSA) is 80.1 Å². The molecule has 7 heteroatoms. The Morgan fingerprint density at radius 2 is 1.59 bits per heavy atom. The van der Waals surface area contributed by atoms with Crippen molar-refractivity contribution in [2.75, 3.05) is 28.4 Å². The first-order valence-corrected chi connectivity index (χ1v) is 6.91. The lowest BCUT2D eigenvalue weighted by molar-refractivity contribution is -0.530. The van der Waals surface area contributed by atoms with E-state index in [0.29, 0.717) is 0 Å². The molecular formula is C15H23NO6. The molecule has 0 radical (unpaired) electrons. The first kappa shape index (κ1) is 18.3. The second kappa shape index (κ2) is 9.34. The minimum atomic E-state index is -0.822. The molecule has 2 atom stereocenters. The van der Waals surface area contributed by atoms with Crippen LogP contribution in [0.4, 0.5) is 0 Å². The van der Waals surface area contributed by atoms with Crippen molar-refractivity contribution < 1.29 is 23.9 Å². The summed E-state index contributed by atoms with van der Waals surface area (Å²) in [6.45, 7) is 0. The van der Waals surface area contributed by atoms with Crippen LogP contribution < -0.4 is 4.74 Å². The fourth-order valence-electron chi connectivity index (χ4n) is 2.21. The van der Waals surface area contributed by atoms with Crippen LogP contribution in [0, 0.1) is 10.1 Å². The Hall–Kier alpha value is -1.70. The maximum Gasteiger partial charge on any atom is 0.220 e. The summed E-state index contributed by atoms with van der Waals surface area (Å²) in [5.41, 5.74) is 0.863. The molecule has 0 aliphatic rings. The predicted molar refractivity (Wildman–Crippen MR) is 80.6 cm³/mol. The van der Waals surface area contributed by atoms with Crippen LogP contribution in [0.3, 0.4) is 0 Å². The van der Waals surface area contributed by atoms with E-state index in [1.54, 1.807) is 19.2 Å². The molecule has 7 nitrogen and oxygen atoms in total. The van der Waals surface area contributed by atoms with Gasteiger partial charge in [-0.2, -0.15) is 0 Å². The second-order valence-corrected chi connectivity index (χ2v) is 4.81. The standard InChI is InChI=1S/C15H23NO6/c1-19-13-7-5-11(6-8-13)14(20-2)9-12(16(17)18)10-15(21-3)22-4/h5-8,12,14-15H,9-10H2,1-4H3/t12-,14-/m0/s1. The van der Waals surface area contributed by atoms with Gasteiger partial charge in [0, 0.05) is 32.7 Å². The van der Waals surface area contributed by atoms with Gasteiger partial charge >= 0.3 is 0 Å². The van der Waals surface area contributed by atoms with Crippen LogP contribution in [-0.2, 0) is 14.2 Å². The Morgan fingerprint density at radius 3 is 2.00 bits per heavy atom. The molecule has 0 saturated heterocycles. The minimum Gasteiger partial charge on any atom is -0.497 e. The van der Waals surface area contributed by atoms with Crippen LogP contribution in [0.2, 0.25) is 0 Å². The quantitative estimate of drug-likeness (QED) is 0.375. The number of methoxy groups -OCH3 is 4. The first-order valence-electron chi connectivity index (χ1n) is 6.91. The third-order valence-corrected chi connectivity index (χ3v) is 3.55. The van der Waals surface area contributed by atoms with Crippen LogP contribution in [0.15, 0.2) is 24.3 Å². The highest BCUT2D eigenvalue weighted by Crippen LogP contribution is 2.26. The van der Waals surface area contributed by atoms with Gasteiger partial charge in [-0.3, -0.25) is 10.1 Å². The average molecular weight is 313 g/mol. The van der Waals surface area contributed by atoms with Gasteiger partial charge < -0.3 is 18.9 Å². The van der Waals surface area contributed by atoms with E-state index in [4.69, 9.17) is 18.9 Å². The lowest BCUT2D eigenvalue weighted by Crippen LogP contribution is -2.29. The number of nitrogens with zero attached hydrogens (tertiary/aromatic N) is 1. The third kappa shape index (κ3) is 5.25. The maximum atomic E-state index is 11.3. The van der Waals surface area contributed by atoms with Crippen molar-refractivity contribution in [2.24, 2.45) is 0 Å². The Kier molecular flexibility index (Phi) is 7.79. The first-order chi connectivity index (χ1) is 10.5. The normalized spacial score (nSPS) is 13.9. The van der Waals surface area contributed by atoms with E-state index in [0.717, 1.165) is 11.3 Å². The Morgan fingerprint density at radius 1 is 1.00 bits per heavy atom. The number of rotatable bonds is 10. The smallest absolute Gasteiger partial charge is 0.220 e. The second-order valence-electron chi connectivity index (χ2n) is 4.81. The molecule has 0 aliphatic carbocycles. The molecule has 0 spiro atoms. The van der Waals surface area contributed by atoms with E-state index in [1.807, 2.05) is 12.1 Å². The number of nitro groups is 1. The van der Waals surface area contributed by atoms with Gasteiger partial charge in [-0.25, -0.2) is 0 Å². The van der Waals surface area contributed by atoms with Gasteiger partial charge in [0.05, 0.1) is 19.6 Å². The zero-order valence-electron chi connectivity index (χ0n) is 13.4. The molecule has 0 bridgehead atoms. The van der Waals surface area contributed by atoms with E-state index in [9.17, 15) is 10.1 Å². The zero-order chi connectivity index (χ0) is 16.5. The molecular weight excluding hydrogens is 290 g/mol. The van der Waals surface area contributed by atoms with Crippen molar-refractivity contribution >= 4 is 0 Å². The van der Waals surface area contributed by atoms with Gasteiger partial charge in [-0.15, -0.1) is 0 Å². The van der Waals surface area contributed by atoms with E-state index in [2.05, 4.69) is 0 Å². The van der Waals surface area contributed by atoms with Crippen molar-refractivity contribution in [3.05, 3.63) is 39.9 Å². The van der Waals surface area contributed by atoms with E-state index < -0.39 is 12.3 Å². The third-order valence-electron chi connectivity index (χ3n) is 3.55. The summed E-state index contributed by atoms with van der Waals surface area (Å²) in [4.78, 5) is 11.0. The van der Waals surface area contributed by atoms with Gasteiger partial charge in [0.2, 0.25) is 6.04 Å².